The number of anilines is 1. The first-order valence-electron chi connectivity index (χ1n) is 10.8. The lowest BCUT2D eigenvalue weighted by molar-refractivity contribution is 0.122. The van der Waals surface area contributed by atoms with Crippen LogP contribution in [0, 0.1) is 11.6 Å². The number of nitrogens with zero attached hydrogens (tertiary/aromatic N) is 4. The van der Waals surface area contributed by atoms with Crippen LogP contribution in [-0.4, -0.2) is 56.8 Å². The van der Waals surface area contributed by atoms with E-state index in [-0.39, 0.29) is 11.4 Å². The van der Waals surface area contributed by atoms with E-state index < -0.39 is 32.1 Å². The number of hydrogen-bond acceptors (Lipinski definition) is 9. The van der Waals surface area contributed by atoms with Crippen LogP contribution in [0.5, 0.6) is 5.88 Å². The third kappa shape index (κ3) is 4.80. The third-order valence-corrected chi connectivity index (χ3v) is 9.20. The normalized spacial score (nSPS) is 14.4. The van der Waals surface area contributed by atoms with Crippen molar-refractivity contribution in [1.82, 2.24) is 15.0 Å². The first-order valence-corrected chi connectivity index (χ1v) is 14.1. The lowest BCUT2D eigenvalue weighted by Gasteiger charge is -2.27. The SMILES string of the molecule is COc1ncc(-c2nc(N3CCOCC3)nc3c(Br)csc23)cc1CS(=O)(=O)c1ccc(F)cc1F. The molecule has 1 fully saturated rings. The monoisotopic (exact) mass is 596 g/mol. The molecule has 0 amide bonds. The summed E-state index contributed by atoms with van der Waals surface area (Å²) < 4.78 is 66.0. The number of thiophene rings is 1. The summed E-state index contributed by atoms with van der Waals surface area (Å²) in [5.41, 5.74) is 2.08. The molecular weight excluding hydrogens is 578 g/mol. The lowest BCUT2D eigenvalue weighted by Crippen LogP contribution is -2.37. The molecule has 36 heavy (non-hydrogen) atoms. The molecule has 0 atom stereocenters. The lowest BCUT2D eigenvalue weighted by atomic mass is 10.1. The van der Waals surface area contributed by atoms with Crippen LogP contribution >= 0.6 is 27.3 Å². The molecular formula is C23H19BrF2N4O4S2. The van der Waals surface area contributed by atoms with Crippen LogP contribution < -0.4 is 9.64 Å². The molecule has 8 nitrogen and oxygen atoms in total. The van der Waals surface area contributed by atoms with Gasteiger partial charge in [0.05, 0.1) is 40.9 Å². The van der Waals surface area contributed by atoms with E-state index in [1.165, 1.54) is 18.4 Å². The van der Waals surface area contributed by atoms with E-state index in [1.807, 2.05) is 10.3 Å². The van der Waals surface area contributed by atoms with Gasteiger partial charge in [-0.3, -0.25) is 0 Å². The minimum absolute atomic E-state index is 0.0795. The molecule has 1 aromatic carbocycles. The molecule has 0 radical (unpaired) electrons. The van der Waals surface area contributed by atoms with Crippen molar-refractivity contribution in [3.05, 3.63) is 57.5 Å². The third-order valence-electron chi connectivity index (χ3n) is 5.62. The highest BCUT2D eigenvalue weighted by molar-refractivity contribution is 9.10. The quantitative estimate of drug-likeness (QED) is 0.298. The predicted octanol–water partition coefficient (Wildman–Crippen LogP) is 4.61. The second-order valence-electron chi connectivity index (χ2n) is 7.96. The van der Waals surface area contributed by atoms with Gasteiger partial charge in [0.1, 0.15) is 22.0 Å². The van der Waals surface area contributed by atoms with E-state index >= 15 is 0 Å². The topological polar surface area (TPSA) is 94.5 Å². The average Bonchev–Trinajstić information content (AvgIpc) is 3.24. The van der Waals surface area contributed by atoms with E-state index in [2.05, 4.69) is 20.9 Å². The van der Waals surface area contributed by atoms with Gasteiger partial charge in [-0.2, -0.15) is 0 Å². The van der Waals surface area contributed by atoms with Crippen LogP contribution in [0.4, 0.5) is 14.7 Å². The Labute approximate surface area is 218 Å². The van der Waals surface area contributed by atoms with Crippen molar-refractivity contribution >= 4 is 53.3 Å². The summed E-state index contributed by atoms with van der Waals surface area (Å²) in [5, 5.41) is 1.91. The summed E-state index contributed by atoms with van der Waals surface area (Å²) in [6, 6.07) is 3.97. The number of benzene rings is 1. The Morgan fingerprint density at radius 1 is 1.19 bits per heavy atom. The number of halogens is 3. The fraction of sp³-hybridized carbons (Fsp3) is 0.261. The van der Waals surface area contributed by atoms with Gasteiger partial charge in [-0.25, -0.2) is 32.2 Å². The van der Waals surface area contributed by atoms with E-state index in [9.17, 15) is 17.2 Å². The molecule has 1 aliphatic heterocycles. The number of ether oxygens (including phenoxy) is 2. The highest BCUT2D eigenvalue weighted by Crippen LogP contribution is 2.38. The van der Waals surface area contributed by atoms with Crippen molar-refractivity contribution in [3.63, 3.8) is 0 Å². The highest BCUT2D eigenvalue weighted by Gasteiger charge is 2.25. The Balaban J connectivity index is 1.60. The van der Waals surface area contributed by atoms with Crippen LogP contribution in [0.1, 0.15) is 5.56 Å². The Kier molecular flexibility index (Phi) is 6.90. The maximum atomic E-state index is 14.3. The van der Waals surface area contributed by atoms with Gasteiger partial charge in [-0.1, -0.05) is 0 Å². The molecule has 0 saturated carbocycles. The molecule has 4 heterocycles. The number of morpholine rings is 1. The molecule has 0 unspecified atom stereocenters. The molecule has 5 rings (SSSR count). The summed E-state index contributed by atoms with van der Waals surface area (Å²) in [7, 11) is -2.81. The molecule has 0 bridgehead atoms. The van der Waals surface area contributed by atoms with Crippen molar-refractivity contribution in [2.24, 2.45) is 0 Å². The Morgan fingerprint density at radius 3 is 2.69 bits per heavy atom. The summed E-state index contributed by atoms with van der Waals surface area (Å²) in [6.45, 7) is 2.40. The van der Waals surface area contributed by atoms with Gasteiger partial charge in [0.2, 0.25) is 11.8 Å². The van der Waals surface area contributed by atoms with Gasteiger partial charge in [-0.15, -0.1) is 11.3 Å². The average molecular weight is 597 g/mol. The zero-order valence-electron chi connectivity index (χ0n) is 18.9. The second kappa shape index (κ2) is 9.96. The van der Waals surface area contributed by atoms with Gasteiger partial charge >= 0.3 is 0 Å². The molecule has 4 aromatic rings. The number of rotatable bonds is 6. The molecule has 13 heteroatoms. The van der Waals surface area contributed by atoms with Gasteiger partial charge in [-0.05, 0) is 34.1 Å². The minimum atomic E-state index is -4.18. The van der Waals surface area contributed by atoms with Crippen LogP contribution in [0.15, 0.2) is 45.2 Å². The Bertz CT molecular complexity index is 1560. The summed E-state index contributed by atoms with van der Waals surface area (Å²) in [6.07, 6.45) is 1.55. The molecule has 0 aliphatic carbocycles. The summed E-state index contributed by atoms with van der Waals surface area (Å²) in [5.74, 6) is -2.01. The van der Waals surface area contributed by atoms with Gasteiger partial charge < -0.3 is 14.4 Å². The second-order valence-corrected chi connectivity index (χ2v) is 11.7. The van der Waals surface area contributed by atoms with Crippen molar-refractivity contribution in [2.45, 2.75) is 10.6 Å². The Hall–Kier alpha value is -2.74. The van der Waals surface area contributed by atoms with Crippen molar-refractivity contribution in [2.75, 3.05) is 38.3 Å². The van der Waals surface area contributed by atoms with Gasteiger partial charge in [0.15, 0.2) is 9.84 Å². The maximum Gasteiger partial charge on any atom is 0.226 e. The number of aromatic nitrogens is 3. The first-order chi connectivity index (χ1) is 17.3. The first kappa shape index (κ1) is 24.9. The van der Waals surface area contributed by atoms with Gasteiger partial charge in [0.25, 0.3) is 0 Å². The predicted molar refractivity (Wildman–Crippen MR) is 135 cm³/mol. The molecule has 0 N–H and O–H groups in total. The van der Waals surface area contributed by atoms with Crippen molar-refractivity contribution in [3.8, 4) is 17.1 Å². The van der Waals surface area contributed by atoms with Crippen LogP contribution in [0.25, 0.3) is 21.5 Å². The minimum Gasteiger partial charge on any atom is -0.481 e. The fourth-order valence-electron chi connectivity index (χ4n) is 3.90. The van der Waals surface area contributed by atoms with Crippen LogP contribution in [-0.2, 0) is 20.3 Å². The summed E-state index contributed by atoms with van der Waals surface area (Å²) >= 11 is 4.99. The molecule has 188 valence electrons. The van der Waals surface area contributed by atoms with E-state index in [1.54, 1.807) is 12.3 Å². The van der Waals surface area contributed by atoms with Crippen LogP contribution in [0.2, 0.25) is 0 Å². The van der Waals surface area contributed by atoms with Gasteiger partial charge in [0, 0.05) is 41.9 Å². The fourth-order valence-corrected chi connectivity index (χ4v) is 6.88. The number of fused-ring (bicyclic) bond motifs is 1. The number of methoxy groups -OCH3 is 1. The van der Waals surface area contributed by atoms with Crippen molar-refractivity contribution < 1.29 is 26.7 Å². The smallest absolute Gasteiger partial charge is 0.226 e. The molecule has 0 spiro atoms. The standard InChI is InChI=1S/C23H19BrF2N4O4S2/c1-33-22-14(12-36(31,32)18-3-2-15(25)9-17(18)26)8-13(10-27-22)19-21-20(16(24)11-35-21)29-23(28-19)30-4-6-34-7-5-30/h2-3,8-11H,4-7,12H2,1H3. The number of hydrogen-bond donors (Lipinski definition) is 0. The van der Waals surface area contributed by atoms with E-state index in [4.69, 9.17) is 19.4 Å². The molecule has 1 aliphatic rings. The maximum absolute atomic E-state index is 14.3. The Morgan fingerprint density at radius 2 is 1.97 bits per heavy atom. The highest BCUT2D eigenvalue weighted by atomic mass is 79.9. The number of sulfone groups is 1. The van der Waals surface area contributed by atoms with Crippen LogP contribution in [0.3, 0.4) is 0 Å². The largest absolute Gasteiger partial charge is 0.481 e. The number of pyridine rings is 1. The molecule has 1 saturated heterocycles. The zero-order valence-corrected chi connectivity index (χ0v) is 22.1. The summed E-state index contributed by atoms with van der Waals surface area (Å²) in [4.78, 5) is 15.3. The van der Waals surface area contributed by atoms with E-state index in [0.29, 0.717) is 49.6 Å². The van der Waals surface area contributed by atoms with Crippen molar-refractivity contribution in [1.29, 1.82) is 0 Å². The zero-order chi connectivity index (χ0) is 25.4. The molecule has 3 aromatic heterocycles. The van der Waals surface area contributed by atoms with E-state index in [0.717, 1.165) is 26.8 Å².